The Morgan fingerprint density at radius 2 is 1.96 bits per heavy atom. The van der Waals surface area contributed by atoms with E-state index in [1.165, 1.54) is 24.1 Å². The predicted octanol–water partition coefficient (Wildman–Crippen LogP) is 2.42. The molecule has 8 heteroatoms. The summed E-state index contributed by atoms with van der Waals surface area (Å²) in [5, 5.41) is 3.45. The van der Waals surface area contributed by atoms with Crippen molar-refractivity contribution in [3.8, 4) is 5.69 Å². The first-order chi connectivity index (χ1) is 12.5. The summed E-state index contributed by atoms with van der Waals surface area (Å²) in [6.07, 6.45) is 4.52. The van der Waals surface area contributed by atoms with E-state index in [9.17, 15) is 14.4 Å². The van der Waals surface area contributed by atoms with E-state index in [4.69, 9.17) is 4.42 Å². The van der Waals surface area contributed by atoms with Crippen molar-refractivity contribution in [2.75, 3.05) is 7.05 Å². The normalized spacial score (nSPS) is 11.2. The smallest absolute Gasteiger partial charge is 0.439 e. The van der Waals surface area contributed by atoms with Crippen LogP contribution in [-0.2, 0) is 9.63 Å². The second-order valence-corrected chi connectivity index (χ2v) is 5.58. The lowest BCUT2D eigenvalue weighted by atomic mass is 10.2. The quantitative estimate of drug-likeness (QED) is 0.448. The highest BCUT2D eigenvalue weighted by Gasteiger charge is 2.18. The highest BCUT2D eigenvalue weighted by molar-refractivity contribution is 5.91. The van der Waals surface area contributed by atoms with Crippen LogP contribution < -0.4 is 11.1 Å². The fourth-order valence-electron chi connectivity index (χ4n) is 2.17. The lowest BCUT2D eigenvalue weighted by Crippen LogP contribution is -2.36. The lowest BCUT2D eigenvalue weighted by molar-refractivity contribution is -0.128. The van der Waals surface area contributed by atoms with E-state index in [1.807, 2.05) is 13.0 Å². The number of rotatable bonds is 6. The lowest BCUT2D eigenvalue weighted by Gasteiger charge is -2.12. The standard InChI is InChI=1S/C18H21N3O5/c1-3-4-6-11-15(22)20(2)18(24)26-19-16-17(23)21(12-13-25-16)14-9-7-5-8-10-14/h5,7-10,12-13H,3-4,6,11H2,1-2H3. The van der Waals surface area contributed by atoms with Gasteiger partial charge in [-0.2, -0.15) is 0 Å². The van der Waals surface area contributed by atoms with Gasteiger partial charge in [-0.05, 0) is 23.7 Å². The number of benzene rings is 1. The van der Waals surface area contributed by atoms with Gasteiger partial charge in [0.25, 0.3) is 0 Å². The summed E-state index contributed by atoms with van der Waals surface area (Å²) in [6, 6.07) is 8.85. The third kappa shape index (κ3) is 4.92. The number of hydrogen-bond acceptors (Lipinski definition) is 6. The molecule has 0 aliphatic carbocycles. The molecule has 2 rings (SSSR count). The molecule has 2 aromatic rings. The molecular formula is C18H21N3O5. The molecule has 0 fully saturated rings. The number of unbranched alkanes of at least 4 members (excludes halogenated alkanes) is 2. The van der Waals surface area contributed by atoms with Gasteiger partial charge in [0.05, 0.1) is 0 Å². The first-order valence-electron chi connectivity index (χ1n) is 8.32. The average Bonchev–Trinajstić information content (AvgIpc) is 2.67. The van der Waals surface area contributed by atoms with Gasteiger partial charge in [-0.3, -0.25) is 19.0 Å². The van der Waals surface area contributed by atoms with Crippen LogP contribution >= 0.6 is 0 Å². The third-order valence-electron chi connectivity index (χ3n) is 3.67. The summed E-state index contributed by atoms with van der Waals surface area (Å²) in [4.78, 5) is 41.6. The molecule has 0 unspecified atom stereocenters. The van der Waals surface area contributed by atoms with Gasteiger partial charge in [0.15, 0.2) is 0 Å². The largest absolute Gasteiger partial charge is 0.442 e. The fraction of sp³-hybridized carbons (Fsp3) is 0.333. The van der Waals surface area contributed by atoms with Gasteiger partial charge in [0.2, 0.25) is 5.91 Å². The number of aromatic nitrogens is 1. The SMILES string of the molecule is CCCCCC(=O)N(C)C(=O)ON=c1occn(-c2ccccc2)c1=O. The van der Waals surface area contributed by atoms with Crippen molar-refractivity contribution in [3.05, 3.63) is 58.7 Å². The van der Waals surface area contributed by atoms with E-state index in [0.29, 0.717) is 12.1 Å². The Bertz CT molecular complexity index is 870. The van der Waals surface area contributed by atoms with Crippen LogP contribution in [-0.4, -0.2) is 28.5 Å². The molecule has 1 aromatic carbocycles. The number of carbonyl (C=O) groups is 2. The van der Waals surface area contributed by atoms with E-state index in [0.717, 1.165) is 17.7 Å². The second kappa shape index (κ2) is 9.36. The van der Waals surface area contributed by atoms with Crippen molar-refractivity contribution in [2.45, 2.75) is 32.6 Å². The number of hydrogen-bond donors (Lipinski definition) is 0. The summed E-state index contributed by atoms with van der Waals surface area (Å²) in [6.45, 7) is 2.02. The molecular weight excluding hydrogens is 338 g/mol. The van der Waals surface area contributed by atoms with Crippen LogP contribution in [0.4, 0.5) is 4.79 Å². The van der Waals surface area contributed by atoms with Crippen molar-refractivity contribution in [1.29, 1.82) is 0 Å². The minimum Gasteiger partial charge on any atom is -0.439 e. The Balaban J connectivity index is 2.12. The number of para-hydroxylation sites is 1. The van der Waals surface area contributed by atoms with Gasteiger partial charge in [-0.1, -0.05) is 38.0 Å². The van der Waals surface area contributed by atoms with E-state index in [2.05, 4.69) is 9.99 Å². The molecule has 0 aliphatic rings. The van der Waals surface area contributed by atoms with Crippen molar-refractivity contribution in [3.63, 3.8) is 0 Å². The van der Waals surface area contributed by atoms with Crippen LogP contribution in [0.2, 0.25) is 0 Å². The molecule has 1 aromatic heterocycles. The molecule has 0 radical (unpaired) electrons. The van der Waals surface area contributed by atoms with E-state index >= 15 is 0 Å². The van der Waals surface area contributed by atoms with Gasteiger partial charge in [-0.25, -0.2) is 9.69 Å². The van der Waals surface area contributed by atoms with Crippen LogP contribution in [0, 0.1) is 0 Å². The zero-order chi connectivity index (χ0) is 18.9. The minimum absolute atomic E-state index is 0.246. The Labute approximate surface area is 150 Å². The van der Waals surface area contributed by atoms with Crippen LogP contribution in [0.5, 0.6) is 0 Å². The van der Waals surface area contributed by atoms with Gasteiger partial charge in [0.1, 0.15) is 6.26 Å². The number of nitrogens with zero attached hydrogens (tertiary/aromatic N) is 3. The Morgan fingerprint density at radius 1 is 1.23 bits per heavy atom. The third-order valence-corrected chi connectivity index (χ3v) is 3.67. The maximum absolute atomic E-state index is 12.4. The molecule has 0 N–H and O–H groups in total. The van der Waals surface area contributed by atoms with Gasteiger partial charge >= 0.3 is 17.2 Å². The topological polar surface area (TPSA) is 94.1 Å². The van der Waals surface area contributed by atoms with Crippen molar-refractivity contribution < 1.29 is 18.8 Å². The Morgan fingerprint density at radius 3 is 2.65 bits per heavy atom. The number of imide groups is 1. The summed E-state index contributed by atoms with van der Waals surface area (Å²) in [5.41, 5.74) is -0.390. The fourth-order valence-corrected chi connectivity index (χ4v) is 2.17. The average molecular weight is 359 g/mol. The van der Waals surface area contributed by atoms with Gasteiger partial charge in [0, 0.05) is 25.4 Å². The molecule has 0 saturated heterocycles. The minimum atomic E-state index is -0.976. The molecule has 0 atom stereocenters. The highest BCUT2D eigenvalue weighted by atomic mass is 16.7. The number of amides is 2. The van der Waals surface area contributed by atoms with Crippen molar-refractivity contribution >= 4 is 12.0 Å². The van der Waals surface area contributed by atoms with Crippen LogP contribution in [0.15, 0.2) is 57.2 Å². The summed E-state index contributed by atoms with van der Waals surface area (Å²) >= 11 is 0. The molecule has 138 valence electrons. The summed E-state index contributed by atoms with van der Waals surface area (Å²) in [5.74, 6) is -0.370. The van der Waals surface area contributed by atoms with E-state index in [1.54, 1.807) is 24.3 Å². The molecule has 0 spiro atoms. The molecule has 0 bridgehead atoms. The van der Waals surface area contributed by atoms with E-state index < -0.39 is 17.2 Å². The maximum atomic E-state index is 12.4. The molecule has 8 nitrogen and oxygen atoms in total. The predicted molar refractivity (Wildman–Crippen MR) is 93.3 cm³/mol. The first-order valence-corrected chi connectivity index (χ1v) is 8.32. The van der Waals surface area contributed by atoms with Gasteiger partial charge in [-0.15, -0.1) is 0 Å². The van der Waals surface area contributed by atoms with Crippen molar-refractivity contribution in [2.24, 2.45) is 5.16 Å². The molecule has 0 saturated carbocycles. The highest BCUT2D eigenvalue weighted by Crippen LogP contribution is 2.04. The molecule has 26 heavy (non-hydrogen) atoms. The van der Waals surface area contributed by atoms with Gasteiger partial charge < -0.3 is 4.42 Å². The first kappa shape index (κ1) is 19.2. The Hall–Kier alpha value is -3.16. The summed E-state index contributed by atoms with van der Waals surface area (Å²) < 4.78 is 6.31. The second-order valence-electron chi connectivity index (χ2n) is 5.58. The molecule has 1 heterocycles. The number of carbonyl (C=O) groups excluding carboxylic acids is 2. The Kier molecular flexibility index (Phi) is 6.90. The summed E-state index contributed by atoms with van der Waals surface area (Å²) in [7, 11) is 1.30. The van der Waals surface area contributed by atoms with Crippen LogP contribution in [0.25, 0.3) is 5.69 Å². The maximum Gasteiger partial charge on any atom is 0.442 e. The zero-order valence-corrected chi connectivity index (χ0v) is 14.8. The monoisotopic (exact) mass is 359 g/mol. The van der Waals surface area contributed by atoms with Crippen molar-refractivity contribution in [1.82, 2.24) is 9.47 Å². The zero-order valence-electron chi connectivity index (χ0n) is 14.8. The van der Waals surface area contributed by atoms with Crippen LogP contribution in [0.3, 0.4) is 0 Å². The molecule has 2 amide bonds. The van der Waals surface area contributed by atoms with E-state index in [-0.39, 0.29) is 12.3 Å². The molecule has 0 aliphatic heterocycles. The van der Waals surface area contributed by atoms with Crippen LogP contribution in [0.1, 0.15) is 32.6 Å².